The molecule has 0 saturated heterocycles. The van der Waals surface area contributed by atoms with Crippen molar-refractivity contribution >= 4 is 28.9 Å². The van der Waals surface area contributed by atoms with Gasteiger partial charge in [0.25, 0.3) is 5.24 Å². The van der Waals surface area contributed by atoms with E-state index in [1.54, 1.807) is 0 Å². The number of unbranched alkanes of at least 4 members (excludes halogenated alkanes) is 14. The van der Waals surface area contributed by atoms with Crippen LogP contribution in [0.15, 0.2) is 0 Å². The minimum absolute atomic E-state index is 0.136. The molecular weight excluding hydrogens is 596 g/mol. The van der Waals surface area contributed by atoms with Crippen LogP contribution in [0.3, 0.4) is 0 Å². The lowest BCUT2D eigenvalue weighted by molar-refractivity contribution is -0.153. The van der Waals surface area contributed by atoms with Crippen molar-refractivity contribution < 1.29 is 23.9 Å². The van der Waals surface area contributed by atoms with Crippen molar-refractivity contribution in [3.05, 3.63) is 0 Å². The summed E-state index contributed by atoms with van der Waals surface area (Å²) in [5.41, 5.74) is 0. The number of carbonyl (C=O) groups is 3. The molecule has 0 rings (SSSR count). The molecule has 0 saturated carbocycles. The van der Waals surface area contributed by atoms with Crippen molar-refractivity contribution in [3.8, 4) is 0 Å². The molecule has 272 valence electrons. The molecule has 1 amide bonds. The summed E-state index contributed by atoms with van der Waals surface area (Å²) in [4.78, 5) is 43.3. The van der Waals surface area contributed by atoms with Gasteiger partial charge in [0.2, 0.25) is 0 Å². The molecule has 0 aliphatic rings. The zero-order valence-electron chi connectivity index (χ0n) is 31.1. The van der Waals surface area contributed by atoms with Crippen molar-refractivity contribution in [2.24, 2.45) is 0 Å². The van der Waals surface area contributed by atoms with Crippen LogP contribution in [-0.4, -0.2) is 78.7 Å². The number of hydrogen-bond donors (Lipinski definition) is 0. The zero-order chi connectivity index (χ0) is 34.3. The minimum Gasteiger partial charge on any atom is -0.461 e. The SMILES string of the molecule is CCCCCCCC(CCCCCC)OC(=O)CN(CC(=O)OC(CCCCCC)CCCCCCC)C(=O)SCCCN(C)C. The Morgan fingerprint density at radius 2 is 0.870 bits per heavy atom. The highest BCUT2D eigenvalue weighted by atomic mass is 32.2. The Morgan fingerprint density at radius 1 is 0.522 bits per heavy atom. The molecule has 0 aliphatic heterocycles. The number of esters is 2. The summed E-state index contributed by atoms with van der Waals surface area (Å²) < 4.78 is 12.0. The van der Waals surface area contributed by atoms with Gasteiger partial charge in [0.15, 0.2) is 0 Å². The zero-order valence-corrected chi connectivity index (χ0v) is 31.9. The van der Waals surface area contributed by atoms with Gasteiger partial charge >= 0.3 is 11.9 Å². The summed E-state index contributed by atoms with van der Waals surface area (Å²) >= 11 is 1.17. The summed E-state index contributed by atoms with van der Waals surface area (Å²) in [6, 6.07) is 0. The Morgan fingerprint density at radius 3 is 1.22 bits per heavy atom. The molecule has 0 aromatic rings. The van der Waals surface area contributed by atoms with Crippen LogP contribution in [0.1, 0.15) is 175 Å². The predicted molar refractivity (Wildman–Crippen MR) is 197 cm³/mol. The molecule has 2 atom stereocenters. The maximum atomic E-state index is 13.3. The Balaban J connectivity index is 5.41. The van der Waals surface area contributed by atoms with Gasteiger partial charge in [-0.05, 0) is 78.4 Å². The highest BCUT2D eigenvalue weighted by Gasteiger charge is 2.25. The Bertz CT molecular complexity index is 690. The number of thioether (sulfide) groups is 1. The molecule has 46 heavy (non-hydrogen) atoms. The Kier molecular flexibility index (Phi) is 31.4. The number of carbonyl (C=O) groups excluding carboxylic acids is 3. The quantitative estimate of drug-likeness (QED) is 0.0521. The molecule has 0 spiro atoms. The number of nitrogens with zero attached hydrogens (tertiary/aromatic N) is 2. The van der Waals surface area contributed by atoms with Crippen LogP contribution in [0.5, 0.6) is 0 Å². The summed E-state index contributed by atoms with van der Waals surface area (Å²) in [5.74, 6) is -0.208. The third-order valence-electron chi connectivity index (χ3n) is 8.49. The second kappa shape index (κ2) is 32.3. The van der Waals surface area contributed by atoms with Crippen molar-refractivity contribution in [2.75, 3.05) is 39.5 Å². The van der Waals surface area contributed by atoms with E-state index in [0.717, 1.165) is 90.0 Å². The monoisotopic (exact) mass is 671 g/mol. The van der Waals surface area contributed by atoms with Gasteiger partial charge in [0.05, 0.1) is 0 Å². The molecule has 0 bridgehead atoms. The van der Waals surface area contributed by atoms with E-state index in [-0.39, 0.29) is 30.5 Å². The fourth-order valence-electron chi connectivity index (χ4n) is 5.65. The van der Waals surface area contributed by atoms with Crippen molar-refractivity contribution in [1.82, 2.24) is 9.80 Å². The molecule has 2 unspecified atom stereocenters. The van der Waals surface area contributed by atoms with Crippen LogP contribution >= 0.6 is 11.8 Å². The van der Waals surface area contributed by atoms with Crippen LogP contribution in [0.4, 0.5) is 4.79 Å². The second-order valence-electron chi connectivity index (χ2n) is 13.5. The lowest BCUT2D eigenvalue weighted by Crippen LogP contribution is -2.40. The number of ether oxygens (including phenoxy) is 2. The second-order valence-corrected chi connectivity index (χ2v) is 14.5. The van der Waals surface area contributed by atoms with Crippen molar-refractivity contribution in [3.63, 3.8) is 0 Å². The summed E-state index contributed by atoms with van der Waals surface area (Å²) in [5, 5.41) is -0.259. The van der Waals surface area contributed by atoms with E-state index >= 15 is 0 Å². The molecule has 0 aromatic carbocycles. The van der Waals surface area contributed by atoms with E-state index in [1.807, 2.05) is 14.1 Å². The topological polar surface area (TPSA) is 76.1 Å². The highest BCUT2D eigenvalue weighted by Crippen LogP contribution is 2.19. The fraction of sp³-hybridized carbons (Fsp3) is 0.921. The maximum absolute atomic E-state index is 13.3. The van der Waals surface area contributed by atoms with Gasteiger partial charge < -0.3 is 19.3 Å². The lowest BCUT2D eigenvalue weighted by Gasteiger charge is -2.25. The first kappa shape index (κ1) is 44.7. The number of rotatable bonds is 32. The van der Waals surface area contributed by atoms with E-state index in [1.165, 1.54) is 80.9 Å². The largest absolute Gasteiger partial charge is 0.461 e. The van der Waals surface area contributed by atoms with E-state index in [0.29, 0.717) is 5.75 Å². The van der Waals surface area contributed by atoms with Gasteiger partial charge in [0, 0.05) is 5.75 Å². The molecule has 0 aromatic heterocycles. The Hall–Kier alpha value is -1.28. The third kappa shape index (κ3) is 27.8. The summed E-state index contributed by atoms with van der Waals surface area (Å²) in [6.07, 6.45) is 24.7. The highest BCUT2D eigenvalue weighted by molar-refractivity contribution is 8.13. The maximum Gasteiger partial charge on any atom is 0.325 e. The average molecular weight is 671 g/mol. The van der Waals surface area contributed by atoms with Gasteiger partial charge in [-0.3, -0.25) is 14.4 Å². The fourth-order valence-corrected chi connectivity index (χ4v) is 6.41. The van der Waals surface area contributed by atoms with E-state index in [4.69, 9.17) is 9.47 Å². The van der Waals surface area contributed by atoms with Gasteiger partial charge in [-0.1, -0.05) is 129 Å². The van der Waals surface area contributed by atoms with E-state index in [2.05, 4.69) is 32.6 Å². The molecule has 0 radical (unpaired) electrons. The molecule has 7 nitrogen and oxygen atoms in total. The molecule has 0 aliphatic carbocycles. The van der Waals surface area contributed by atoms with Gasteiger partial charge in [0.1, 0.15) is 25.3 Å². The number of amides is 1. The lowest BCUT2D eigenvalue weighted by atomic mass is 10.0. The summed E-state index contributed by atoms with van der Waals surface area (Å²) in [6.45, 7) is 9.27. The molecule has 8 heteroatoms. The average Bonchev–Trinajstić information content (AvgIpc) is 3.02. The molecule has 0 heterocycles. The van der Waals surface area contributed by atoms with Crippen LogP contribution < -0.4 is 0 Å². The molecule has 0 N–H and O–H groups in total. The first-order valence-corrected chi connectivity index (χ1v) is 20.2. The van der Waals surface area contributed by atoms with Crippen molar-refractivity contribution in [2.45, 2.75) is 188 Å². The van der Waals surface area contributed by atoms with E-state index < -0.39 is 11.9 Å². The Labute approximate surface area is 289 Å². The van der Waals surface area contributed by atoms with Gasteiger partial charge in [-0.15, -0.1) is 0 Å². The first-order valence-electron chi connectivity index (χ1n) is 19.2. The predicted octanol–water partition coefficient (Wildman–Crippen LogP) is 10.6. The van der Waals surface area contributed by atoms with Crippen molar-refractivity contribution in [1.29, 1.82) is 0 Å². The van der Waals surface area contributed by atoms with Crippen LogP contribution in [-0.2, 0) is 19.1 Å². The normalized spacial score (nSPS) is 12.7. The smallest absolute Gasteiger partial charge is 0.325 e. The van der Waals surface area contributed by atoms with Crippen LogP contribution in [0, 0.1) is 0 Å². The van der Waals surface area contributed by atoms with Gasteiger partial charge in [-0.25, -0.2) is 0 Å². The third-order valence-corrected chi connectivity index (χ3v) is 9.49. The summed E-state index contributed by atoms with van der Waals surface area (Å²) in [7, 11) is 4.02. The minimum atomic E-state index is -0.420. The molecule has 0 fully saturated rings. The van der Waals surface area contributed by atoms with Crippen LogP contribution in [0.2, 0.25) is 0 Å². The standard InChI is InChI=1S/C38H74N2O5S/c1-7-11-15-19-23-28-34(26-21-17-13-9-3)44-36(41)32-40(38(43)46-31-25-30-39(5)6)33-37(42)45-35(27-22-18-14-10-4)29-24-20-16-12-8-2/h34-35H,7-33H2,1-6H3. The first-order chi connectivity index (χ1) is 22.3. The van der Waals surface area contributed by atoms with Crippen LogP contribution in [0.25, 0.3) is 0 Å². The van der Waals surface area contributed by atoms with E-state index in [9.17, 15) is 14.4 Å². The number of hydrogen-bond acceptors (Lipinski definition) is 7. The van der Waals surface area contributed by atoms with Gasteiger partial charge in [-0.2, -0.15) is 0 Å². The molecular formula is C38H74N2O5S.